The van der Waals surface area contributed by atoms with E-state index in [1.807, 2.05) is 43.3 Å². The molecule has 2 aromatic heterocycles. The van der Waals surface area contributed by atoms with Crippen molar-refractivity contribution in [2.45, 2.75) is 18.0 Å². The maximum absolute atomic E-state index is 12.5. The molecule has 4 aromatic rings. The molecular weight excluding hydrogens is 623 g/mol. The van der Waals surface area contributed by atoms with Crippen molar-refractivity contribution in [1.82, 2.24) is 14.9 Å². The molecule has 0 spiro atoms. The van der Waals surface area contributed by atoms with Gasteiger partial charge in [-0.2, -0.15) is 5.26 Å². The number of alkyl halides is 1. The fourth-order valence-electron chi connectivity index (χ4n) is 3.87. The molecule has 4 rings (SSSR count). The fourth-order valence-corrected chi connectivity index (χ4v) is 4.47. The predicted octanol–water partition coefficient (Wildman–Crippen LogP) is 5.18. The van der Waals surface area contributed by atoms with Crippen LogP contribution in [-0.2, 0) is 20.6 Å². The van der Waals surface area contributed by atoms with Crippen LogP contribution in [0.2, 0.25) is 0 Å². The number of carbonyl (C=O) groups excluding carboxylic acids is 2. The van der Waals surface area contributed by atoms with Gasteiger partial charge in [-0.1, -0.05) is 28.7 Å². The van der Waals surface area contributed by atoms with E-state index in [2.05, 4.69) is 49.3 Å². The lowest BCUT2D eigenvalue weighted by Gasteiger charge is -2.17. The van der Waals surface area contributed by atoms with Gasteiger partial charge in [0.05, 0.1) is 34.8 Å². The molecule has 0 unspecified atom stereocenters. The first kappa shape index (κ1) is 28.6. The highest BCUT2D eigenvalue weighted by Crippen LogP contribution is 2.37. The second-order valence-corrected chi connectivity index (χ2v) is 9.56. The fraction of sp³-hybridized carbons (Fsp3) is 0.207. The third-order valence-electron chi connectivity index (χ3n) is 5.81. The smallest absolute Gasteiger partial charge is 0.313 e. The molecular formula is C29H27IN6O4. The number of anilines is 3. The monoisotopic (exact) mass is 650 g/mol. The van der Waals surface area contributed by atoms with Gasteiger partial charge < -0.3 is 25.0 Å². The number of pyridine rings is 2. The Balaban J connectivity index is 1.70. The molecule has 0 bridgehead atoms. The normalized spacial score (nSPS) is 10.5. The van der Waals surface area contributed by atoms with E-state index >= 15 is 0 Å². The van der Waals surface area contributed by atoms with E-state index in [9.17, 15) is 14.9 Å². The van der Waals surface area contributed by atoms with E-state index in [0.29, 0.717) is 51.2 Å². The number of nitrogens with one attached hydrogen (secondary N) is 2. The van der Waals surface area contributed by atoms with Gasteiger partial charge in [-0.25, -0.2) is 0 Å². The quantitative estimate of drug-likeness (QED) is 0.144. The van der Waals surface area contributed by atoms with Gasteiger partial charge >= 0.3 is 11.8 Å². The summed E-state index contributed by atoms with van der Waals surface area (Å²) in [5.41, 5.74) is 4.19. The van der Waals surface area contributed by atoms with Crippen LogP contribution in [0, 0.1) is 11.3 Å². The number of fused-ring (bicyclic) bond motifs is 1. The summed E-state index contributed by atoms with van der Waals surface area (Å²) in [5, 5.41) is 16.4. The number of hydrogen-bond acceptors (Lipinski definition) is 8. The highest BCUT2D eigenvalue weighted by atomic mass is 127. The molecule has 11 heteroatoms. The van der Waals surface area contributed by atoms with E-state index in [-0.39, 0.29) is 0 Å². The number of nitrogens with zero attached hydrogens (tertiary/aromatic N) is 4. The molecule has 10 nitrogen and oxygen atoms in total. The van der Waals surface area contributed by atoms with Gasteiger partial charge in [0.25, 0.3) is 0 Å². The summed E-state index contributed by atoms with van der Waals surface area (Å²) in [6.07, 6.45) is 3.21. The topological polar surface area (TPSA) is 129 Å². The van der Waals surface area contributed by atoms with Gasteiger partial charge in [0.15, 0.2) is 0 Å². The number of amides is 2. The van der Waals surface area contributed by atoms with Crippen LogP contribution in [0.25, 0.3) is 10.9 Å². The Kier molecular flexibility index (Phi) is 9.34. The minimum absolute atomic E-state index is 0.292. The summed E-state index contributed by atoms with van der Waals surface area (Å²) in [6.45, 7) is 2.50. The zero-order chi connectivity index (χ0) is 28.6. The Morgan fingerprint density at radius 3 is 2.58 bits per heavy atom. The predicted molar refractivity (Wildman–Crippen MR) is 161 cm³/mol. The summed E-state index contributed by atoms with van der Waals surface area (Å²) in [5.74, 6) is -0.416. The summed E-state index contributed by atoms with van der Waals surface area (Å²) in [6, 6.07) is 16.9. The Morgan fingerprint density at radius 2 is 1.90 bits per heavy atom. The largest absolute Gasteiger partial charge is 0.492 e. The Bertz CT molecular complexity index is 1590. The van der Waals surface area contributed by atoms with Gasteiger partial charge in [-0.05, 0) is 43.3 Å². The van der Waals surface area contributed by atoms with E-state index in [1.54, 1.807) is 18.3 Å². The van der Waals surface area contributed by atoms with Gasteiger partial charge in [0.1, 0.15) is 24.2 Å². The minimum atomic E-state index is -0.808. The van der Waals surface area contributed by atoms with Crippen molar-refractivity contribution in [2.75, 3.05) is 31.3 Å². The molecule has 0 fully saturated rings. The average Bonchev–Trinajstić information content (AvgIpc) is 2.97. The average molecular weight is 650 g/mol. The van der Waals surface area contributed by atoms with Crippen molar-refractivity contribution >= 4 is 62.4 Å². The van der Waals surface area contributed by atoms with Crippen molar-refractivity contribution in [2.24, 2.45) is 0 Å². The summed E-state index contributed by atoms with van der Waals surface area (Å²) >= 11 is 2.27. The SMILES string of the molecule is CCOc1cc2ncc(C#N)c(Nc3ccc(OCc4ccccn4)c(CI)c3)c2cc1NC(=O)C(=O)N(C)C. The molecule has 0 saturated heterocycles. The van der Waals surface area contributed by atoms with Gasteiger partial charge in [-0.15, -0.1) is 0 Å². The van der Waals surface area contributed by atoms with Crippen molar-refractivity contribution in [1.29, 1.82) is 5.26 Å². The number of rotatable bonds is 9. The van der Waals surface area contributed by atoms with E-state index < -0.39 is 11.8 Å². The molecule has 0 atom stereocenters. The zero-order valence-electron chi connectivity index (χ0n) is 22.2. The molecule has 2 N–H and O–H groups in total. The second kappa shape index (κ2) is 13.1. The van der Waals surface area contributed by atoms with Crippen LogP contribution in [-0.4, -0.2) is 47.4 Å². The molecule has 204 valence electrons. The number of halogens is 1. The zero-order valence-corrected chi connectivity index (χ0v) is 24.4. The molecule has 0 radical (unpaired) electrons. The van der Waals surface area contributed by atoms with Crippen molar-refractivity contribution in [3.63, 3.8) is 0 Å². The number of nitriles is 1. The minimum Gasteiger partial charge on any atom is -0.492 e. The van der Waals surface area contributed by atoms with E-state index in [0.717, 1.165) is 22.7 Å². The number of carbonyl (C=O) groups is 2. The van der Waals surface area contributed by atoms with Crippen molar-refractivity contribution < 1.29 is 19.1 Å². The van der Waals surface area contributed by atoms with Gasteiger partial charge in [0, 0.05) is 53.6 Å². The van der Waals surface area contributed by atoms with E-state index in [1.165, 1.54) is 25.2 Å². The number of hydrogen-bond donors (Lipinski definition) is 2. The number of ether oxygens (including phenoxy) is 2. The molecule has 0 aliphatic heterocycles. The van der Waals surface area contributed by atoms with Gasteiger partial charge in [0.2, 0.25) is 0 Å². The lowest BCUT2D eigenvalue weighted by Crippen LogP contribution is -2.34. The lowest BCUT2D eigenvalue weighted by molar-refractivity contribution is -0.141. The summed E-state index contributed by atoms with van der Waals surface area (Å²) in [7, 11) is 2.99. The molecule has 2 heterocycles. The highest BCUT2D eigenvalue weighted by Gasteiger charge is 2.20. The van der Waals surface area contributed by atoms with Crippen LogP contribution in [0.5, 0.6) is 11.5 Å². The van der Waals surface area contributed by atoms with Crippen molar-refractivity contribution in [3.8, 4) is 17.6 Å². The van der Waals surface area contributed by atoms with Crippen LogP contribution in [0.1, 0.15) is 23.7 Å². The van der Waals surface area contributed by atoms with Crippen LogP contribution in [0.3, 0.4) is 0 Å². The molecule has 2 aromatic carbocycles. The summed E-state index contributed by atoms with van der Waals surface area (Å²) < 4.78 is 12.4. The number of likely N-dealkylation sites (N-methyl/N-ethyl adjacent to an activating group) is 1. The number of benzene rings is 2. The maximum atomic E-state index is 12.5. The third kappa shape index (κ3) is 6.58. The first-order chi connectivity index (χ1) is 19.3. The Hall–Kier alpha value is -4.44. The highest BCUT2D eigenvalue weighted by molar-refractivity contribution is 14.1. The Labute approximate surface area is 245 Å². The van der Waals surface area contributed by atoms with Gasteiger partial charge in [-0.3, -0.25) is 19.6 Å². The molecule has 0 aliphatic carbocycles. The van der Waals surface area contributed by atoms with Crippen molar-refractivity contribution in [3.05, 3.63) is 77.7 Å². The lowest BCUT2D eigenvalue weighted by atomic mass is 10.1. The standard InChI is InChI=1S/C29H27IN6O4/c1-4-39-26-13-23-22(12-24(26)35-28(37)29(38)36(2)3)27(19(15-31)16-33-23)34-20-8-9-25(18(11-20)14-30)40-17-21-7-5-6-10-32-21/h5-13,16H,4,14,17H2,1-3H3,(H,33,34)(H,35,37). The number of aromatic nitrogens is 2. The third-order valence-corrected chi connectivity index (χ3v) is 6.64. The first-order valence-corrected chi connectivity index (χ1v) is 13.9. The Morgan fingerprint density at radius 1 is 1.07 bits per heavy atom. The first-order valence-electron chi connectivity index (χ1n) is 12.4. The van der Waals surface area contributed by atoms with Crippen LogP contribution >= 0.6 is 22.6 Å². The molecule has 2 amide bonds. The molecule has 0 aliphatic rings. The second-order valence-electron chi connectivity index (χ2n) is 8.80. The van der Waals surface area contributed by atoms with Crippen LogP contribution < -0.4 is 20.1 Å². The van der Waals surface area contributed by atoms with E-state index in [4.69, 9.17) is 9.47 Å². The molecule has 0 saturated carbocycles. The van der Waals surface area contributed by atoms with Crippen LogP contribution in [0.15, 0.2) is 60.9 Å². The van der Waals surface area contributed by atoms with Crippen LogP contribution in [0.4, 0.5) is 17.1 Å². The molecule has 40 heavy (non-hydrogen) atoms. The maximum Gasteiger partial charge on any atom is 0.313 e. The summed E-state index contributed by atoms with van der Waals surface area (Å²) in [4.78, 5) is 34.6.